The van der Waals surface area contributed by atoms with Crippen molar-refractivity contribution in [1.29, 1.82) is 0 Å². The summed E-state index contributed by atoms with van der Waals surface area (Å²) in [6.07, 6.45) is 0. The van der Waals surface area contributed by atoms with Crippen molar-refractivity contribution in [3.05, 3.63) is 28.8 Å². The monoisotopic (exact) mass is 211 g/mol. The Morgan fingerprint density at radius 1 is 1.36 bits per heavy atom. The second-order valence-corrected chi connectivity index (χ2v) is 3.92. The maximum absolute atomic E-state index is 5.93. The summed E-state index contributed by atoms with van der Waals surface area (Å²) < 4.78 is 0. The van der Waals surface area contributed by atoms with Crippen LogP contribution >= 0.6 is 11.6 Å². The van der Waals surface area contributed by atoms with Crippen LogP contribution in [0.25, 0.3) is 0 Å². The smallest absolute Gasteiger partial charge is 0.0468 e. The number of rotatable bonds is 1. The minimum absolute atomic E-state index is 0.280. The first-order valence-corrected chi connectivity index (χ1v) is 5.14. The fraction of sp³-hybridized carbons (Fsp3) is 0.400. The molecule has 1 unspecified atom stereocenters. The van der Waals surface area contributed by atoms with Gasteiger partial charge in [0.2, 0.25) is 0 Å². The van der Waals surface area contributed by atoms with Crippen molar-refractivity contribution < 1.29 is 0 Å². The van der Waals surface area contributed by atoms with Crippen LogP contribution in [0.3, 0.4) is 0 Å². The standard InChI is InChI=1S/C10H14ClN3/c11-7-1-2-9(12)8(5-7)10-6-13-3-4-14-10/h1-2,5,10,13-14H,3-4,6,12H2. The van der Waals surface area contributed by atoms with Gasteiger partial charge in [0.05, 0.1) is 0 Å². The summed E-state index contributed by atoms with van der Waals surface area (Å²) in [6, 6.07) is 5.88. The number of piperazine rings is 1. The van der Waals surface area contributed by atoms with Gasteiger partial charge in [-0.15, -0.1) is 0 Å². The Balaban J connectivity index is 2.24. The summed E-state index contributed by atoms with van der Waals surface area (Å²) in [7, 11) is 0. The van der Waals surface area contributed by atoms with Crippen molar-refractivity contribution in [2.45, 2.75) is 6.04 Å². The molecular formula is C10H14ClN3. The number of benzene rings is 1. The Labute approximate surface area is 88.6 Å². The van der Waals surface area contributed by atoms with E-state index in [9.17, 15) is 0 Å². The van der Waals surface area contributed by atoms with Crippen LogP contribution in [0.4, 0.5) is 5.69 Å². The molecule has 4 heteroatoms. The normalized spacial score (nSPS) is 22.2. The summed E-state index contributed by atoms with van der Waals surface area (Å²) >= 11 is 5.93. The average molecular weight is 212 g/mol. The molecule has 1 aliphatic rings. The van der Waals surface area contributed by atoms with Crippen molar-refractivity contribution in [3.8, 4) is 0 Å². The van der Waals surface area contributed by atoms with E-state index < -0.39 is 0 Å². The average Bonchev–Trinajstić information content (AvgIpc) is 2.23. The van der Waals surface area contributed by atoms with Crippen LogP contribution in [0.5, 0.6) is 0 Å². The highest BCUT2D eigenvalue weighted by molar-refractivity contribution is 6.30. The molecule has 0 radical (unpaired) electrons. The molecule has 1 aromatic rings. The fourth-order valence-corrected chi connectivity index (χ4v) is 1.90. The summed E-state index contributed by atoms with van der Waals surface area (Å²) in [4.78, 5) is 0. The van der Waals surface area contributed by atoms with Crippen molar-refractivity contribution in [2.24, 2.45) is 0 Å². The molecule has 3 nitrogen and oxygen atoms in total. The van der Waals surface area contributed by atoms with E-state index in [2.05, 4.69) is 10.6 Å². The van der Waals surface area contributed by atoms with Crippen LogP contribution < -0.4 is 16.4 Å². The first kappa shape index (κ1) is 9.77. The molecule has 0 bridgehead atoms. The molecule has 0 aromatic heterocycles. The molecule has 0 saturated carbocycles. The number of nitrogens with two attached hydrogens (primary N) is 1. The van der Waals surface area contributed by atoms with Gasteiger partial charge in [0.25, 0.3) is 0 Å². The van der Waals surface area contributed by atoms with E-state index in [1.807, 2.05) is 18.2 Å². The number of hydrogen-bond donors (Lipinski definition) is 3. The van der Waals surface area contributed by atoms with E-state index in [1.54, 1.807) is 0 Å². The van der Waals surface area contributed by atoms with Crippen molar-refractivity contribution in [2.75, 3.05) is 25.4 Å². The summed E-state index contributed by atoms with van der Waals surface area (Å²) in [5, 5.41) is 7.46. The van der Waals surface area contributed by atoms with Crippen molar-refractivity contribution in [3.63, 3.8) is 0 Å². The Morgan fingerprint density at radius 2 is 2.21 bits per heavy atom. The molecule has 0 amide bonds. The molecule has 0 aliphatic carbocycles. The van der Waals surface area contributed by atoms with Gasteiger partial charge in [-0.1, -0.05) is 11.6 Å². The second-order valence-electron chi connectivity index (χ2n) is 3.48. The zero-order chi connectivity index (χ0) is 9.97. The lowest BCUT2D eigenvalue weighted by Gasteiger charge is -2.26. The first-order chi connectivity index (χ1) is 6.77. The van der Waals surface area contributed by atoms with Crippen LogP contribution in [-0.4, -0.2) is 19.6 Å². The van der Waals surface area contributed by atoms with Gasteiger partial charge >= 0.3 is 0 Å². The topological polar surface area (TPSA) is 50.1 Å². The van der Waals surface area contributed by atoms with Crippen LogP contribution in [-0.2, 0) is 0 Å². The van der Waals surface area contributed by atoms with Gasteiger partial charge in [0.1, 0.15) is 0 Å². The quantitative estimate of drug-likeness (QED) is 0.611. The van der Waals surface area contributed by atoms with E-state index in [1.165, 1.54) is 0 Å². The predicted octanol–water partition coefficient (Wildman–Crippen LogP) is 1.16. The van der Waals surface area contributed by atoms with Gasteiger partial charge in [0, 0.05) is 36.4 Å². The number of nitrogen functional groups attached to an aromatic ring is 1. The molecule has 1 aromatic carbocycles. The molecule has 0 spiro atoms. The van der Waals surface area contributed by atoms with E-state index in [0.717, 1.165) is 35.9 Å². The molecule has 2 rings (SSSR count). The largest absolute Gasteiger partial charge is 0.398 e. The Bertz CT molecular complexity index is 321. The minimum atomic E-state index is 0.280. The fourth-order valence-electron chi connectivity index (χ4n) is 1.72. The van der Waals surface area contributed by atoms with Crippen LogP contribution in [0.2, 0.25) is 5.02 Å². The molecule has 1 atom stereocenters. The second kappa shape index (κ2) is 4.17. The molecule has 1 saturated heterocycles. The van der Waals surface area contributed by atoms with E-state index in [4.69, 9.17) is 17.3 Å². The highest BCUT2D eigenvalue weighted by Crippen LogP contribution is 2.24. The van der Waals surface area contributed by atoms with E-state index in [-0.39, 0.29) is 6.04 Å². The number of nitrogens with one attached hydrogen (secondary N) is 2. The zero-order valence-corrected chi connectivity index (χ0v) is 8.64. The third-order valence-electron chi connectivity index (χ3n) is 2.47. The molecule has 14 heavy (non-hydrogen) atoms. The maximum Gasteiger partial charge on any atom is 0.0468 e. The minimum Gasteiger partial charge on any atom is -0.398 e. The SMILES string of the molecule is Nc1ccc(Cl)cc1C1CNCCN1. The van der Waals surface area contributed by atoms with Crippen molar-refractivity contribution in [1.82, 2.24) is 10.6 Å². The number of hydrogen-bond acceptors (Lipinski definition) is 3. The van der Waals surface area contributed by atoms with Gasteiger partial charge in [0.15, 0.2) is 0 Å². The van der Waals surface area contributed by atoms with Gasteiger partial charge < -0.3 is 16.4 Å². The number of halogens is 1. The Hall–Kier alpha value is -0.770. The molecule has 1 aliphatic heterocycles. The molecule has 1 fully saturated rings. The van der Waals surface area contributed by atoms with Gasteiger partial charge in [-0.2, -0.15) is 0 Å². The first-order valence-electron chi connectivity index (χ1n) is 4.76. The third-order valence-corrected chi connectivity index (χ3v) is 2.70. The molecular weight excluding hydrogens is 198 g/mol. The predicted molar refractivity (Wildman–Crippen MR) is 59.5 cm³/mol. The summed E-state index contributed by atoms with van der Waals surface area (Å²) in [6.45, 7) is 2.89. The zero-order valence-electron chi connectivity index (χ0n) is 7.89. The van der Waals surface area contributed by atoms with Gasteiger partial charge in [-0.05, 0) is 23.8 Å². The highest BCUT2D eigenvalue weighted by atomic mass is 35.5. The molecule has 4 N–H and O–H groups in total. The Morgan fingerprint density at radius 3 is 2.93 bits per heavy atom. The van der Waals surface area contributed by atoms with Crippen molar-refractivity contribution >= 4 is 17.3 Å². The van der Waals surface area contributed by atoms with Gasteiger partial charge in [-0.25, -0.2) is 0 Å². The van der Waals surface area contributed by atoms with E-state index in [0.29, 0.717) is 0 Å². The summed E-state index contributed by atoms with van der Waals surface area (Å²) in [5.41, 5.74) is 7.78. The van der Waals surface area contributed by atoms with Crippen LogP contribution in [0.15, 0.2) is 18.2 Å². The van der Waals surface area contributed by atoms with E-state index >= 15 is 0 Å². The van der Waals surface area contributed by atoms with Crippen LogP contribution in [0, 0.1) is 0 Å². The molecule has 1 heterocycles. The number of anilines is 1. The maximum atomic E-state index is 5.93. The Kier molecular flexibility index (Phi) is 2.91. The third kappa shape index (κ3) is 2.00. The van der Waals surface area contributed by atoms with Gasteiger partial charge in [-0.3, -0.25) is 0 Å². The lowest BCUT2D eigenvalue weighted by Crippen LogP contribution is -2.42. The lowest BCUT2D eigenvalue weighted by molar-refractivity contribution is 0.431. The lowest BCUT2D eigenvalue weighted by atomic mass is 10.0. The molecule has 76 valence electrons. The highest BCUT2D eigenvalue weighted by Gasteiger charge is 2.16. The summed E-state index contributed by atoms with van der Waals surface area (Å²) in [5.74, 6) is 0. The van der Waals surface area contributed by atoms with Crippen LogP contribution in [0.1, 0.15) is 11.6 Å².